The number of halogens is 2. The summed E-state index contributed by atoms with van der Waals surface area (Å²) in [6.07, 6.45) is 1.83. The first-order valence-corrected chi connectivity index (χ1v) is 10.8. The van der Waals surface area contributed by atoms with Crippen LogP contribution in [0.5, 0.6) is 0 Å². The Kier molecular flexibility index (Phi) is 6.35. The zero-order valence-corrected chi connectivity index (χ0v) is 18.2. The molecule has 0 unspecified atom stereocenters. The molecular formula is C21H20Cl2N4OS. The molecule has 1 aromatic heterocycles. The van der Waals surface area contributed by atoms with Crippen molar-refractivity contribution in [2.75, 3.05) is 38.3 Å². The molecule has 0 bridgehead atoms. The number of thiazole rings is 1. The minimum Gasteiger partial charge on any atom is -0.378 e. The maximum atomic E-state index is 6.41. The van der Waals surface area contributed by atoms with Crippen LogP contribution in [0.4, 0.5) is 5.69 Å². The molecule has 1 saturated heterocycles. The van der Waals surface area contributed by atoms with Gasteiger partial charge in [-0.2, -0.15) is 5.10 Å². The highest BCUT2D eigenvalue weighted by Gasteiger charge is 2.12. The third-order valence-corrected chi connectivity index (χ3v) is 6.13. The fourth-order valence-electron chi connectivity index (χ4n) is 3.16. The molecule has 0 aliphatic carbocycles. The topological polar surface area (TPSA) is 42.1 Å². The van der Waals surface area contributed by atoms with Crippen LogP contribution in [0.15, 0.2) is 57.9 Å². The van der Waals surface area contributed by atoms with Crippen LogP contribution in [0.2, 0.25) is 10.0 Å². The summed E-state index contributed by atoms with van der Waals surface area (Å²) >= 11 is 14.0. The van der Waals surface area contributed by atoms with Gasteiger partial charge in [-0.25, -0.2) is 4.68 Å². The Bertz CT molecular complexity index is 1080. The molecule has 5 nitrogen and oxygen atoms in total. The summed E-state index contributed by atoms with van der Waals surface area (Å²) in [5.41, 5.74) is 3.95. The summed E-state index contributed by atoms with van der Waals surface area (Å²) in [4.78, 5) is 7.44. The summed E-state index contributed by atoms with van der Waals surface area (Å²) in [5, 5.41) is 7.85. The number of hydrogen-bond donors (Lipinski definition) is 0. The van der Waals surface area contributed by atoms with Crippen molar-refractivity contribution in [3.05, 3.63) is 68.3 Å². The van der Waals surface area contributed by atoms with Crippen molar-refractivity contribution >= 4 is 46.4 Å². The number of anilines is 1. The molecule has 0 atom stereocenters. The lowest BCUT2D eigenvalue weighted by Crippen LogP contribution is -2.36. The third kappa shape index (κ3) is 4.56. The van der Waals surface area contributed by atoms with Crippen molar-refractivity contribution in [1.82, 2.24) is 4.68 Å². The van der Waals surface area contributed by atoms with E-state index < -0.39 is 0 Å². The number of morpholine rings is 1. The van der Waals surface area contributed by atoms with Gasteiger partial charge in [0.1, 0.15) is 0 Å². The van der Waals surface area contributed by atoms with E-state index in [1.54, 1.807) is 17.8 Å². The quantitative estimate of drug-likeness (QED) is 0.541. The highest BCUT2D eigenvalue weighted by Crippen LogP contribution is 2.30. The third-order valence-electron chi connectivity index (χ3n) is 4.68. The van der Waals surface area contributed by atoms with Crippen LogP contribution in [-0.2, 0) is 4.74 Å². The number of aromatic nitrogens is 1. The molecule has 0 radical (unpaired) electrons. The van der Waals surface area contributed by atoms with Gasteiger partial charge in [0.05, 0.1) is 30.1 Å². The summed E-state index contributed by atoms with van der Waals surface area (Å²) < 4.78 is 7.22. The highest BCUT2D eigenvalue weighted by atomic mass is 35.5. The second-order valence-electron chi connectivity index (χ2n) is 6.50. The Morgan fingerprint density at radius 3 is 2.52 bits per heavy atom. The highest BCUT2D eigenvalue weighted by molar-refractivity contribution is 7.07. The second-order valence-corrected chi connectivity index (χ2v) is 8.18. The summed E-state index contributed by atoms with van der Waals surface area (Å²) in [6, 6.07) is 13.8. The van der Waals surface area contributed by atoms with Gasteiger partial charge < -0.3 is 9.64 Å². The van der Waals surface area contributed by atoms with Gasteiger partial charge in [0.15, 0.2) is 0 Å². The zero-order valence-electron chi connectivity index (χ0n) is 15.9. The number of benzene rings is 2. The smallest absolute Gasteiger partial charge is 0.205 e. The largest absolute Gasteiger partial charge is 0.378 e. The van der Waals surface area contributed by atoms with Crippen molar-refractivity contribution in [2.24, 2.45) is 10.1 Å². The van der Waals surface area contributed by atoms with E-state index in [9.17, 15) is 0 Å². The molecule has 3 aromatic rings. The van der Waals surface area contributed by atoms with E-state index in [4.69, 9.17) is 27.9 Å². The molecule has 0 amide bonds. The van der Waals surface area contributed by atoms with E-state index in [-0.39, 0.29) is 0 Å². The van der Waals surface area contributed by atoms with Crippen molar-refractivity contribution in [3.8, 4) is 11.3 Å². The zero-order chi connectivity index (χ0) is 20.2. The molecular weight excluding hydrogens is 427 g/mol. The standard InChI is InChI=1S/C21H20Cl2N4OS/c1-24-21-27(20(14-29-21)18-7-4-16(22)12-19(18)23)25-13-15-2-5-17(6-3-15)26-8-10-28-11-9-26/h2-7,12-14H,8-11H2,1H3. The molecule has 0 N–H and O–H groups in total. The van der Waals surface area contributed by atoms with E-state index >= 15 is 0 Å². The Morgan fingerprint density at radius 2 is 1.83 bits per heavy atom. The van der Waals surface area contributed by atoms with E-state index in [0.29, 0.717) is 10.0 Å². The van der Waals surface area contributed by atoms with Gasteiger partial charge in [-0.3, -0.25) is 4.99 Å². The number of nitrogens with zero attached hydrogens (tertiary/aromatic N) is 4. The minimum absolute atomic E-state index is 0.580. The SMILES string of the molecule is CN=c1scc(-c2ccc(Cl)cc2Cl)n1N=Cc1ccc(N2CCOCC2)cc1. The van der Waals surface area contributed by atoms with E-state index in [1.165, 1.54) is 17.0 Å². The van der Waals surface area contributed by atoms with Crippen LogP contribution >= 0.6 is 34.5 Å². The van der Waals surface area contributed by atoms with Gasteiger partial charge >= 0.3 is 0 Å². The van der Waals surface area contributed by atoms with Gasteiger partial charge in [-0.05, 0) is 35.9 Å². The van der Waals surface area contributed by atoms with Gasteiger partial charge in [0.25, 0.3) is 0 Å². The molecule has 1 aliphatic rings. The van der Waals surface area contributed by atoms with Crippen molar-refractivity contribution < 1.29 is 4.74 Å². The molecule has 2 aromatic carbocycles. The lowest BCUT2D eigenvalue weighted by Gasteiger charge is -2.28. The first-order valence-electron chi connectivity index (χ1n) is 9.21. The number of rotatable bonds is 4. The average Bonchev–Trinajstić information content (AvgIpc) is 3.16. The van der Waals surface area contributed by atoms with Crippen molar-refractivity contribution in [1.29, 1.82) is 0 Å². The summed E-state index contributed by atoms with van der Waals surface area (Å²) in [7, 11) is 1.75. The molecule has 0 saturated carbocycles. The normalized spacial score (nSPS) is 15.4. The maximum Gasteiger partial charge on any atom is 0.205 e. The molecule has 150 valence electrons. The minimum atomic E-state index is 0.580. The van der Waals surface area contributed by atoms with Gasteiger partial charge in [0.2, 0.25) is 4.80 Å². The van der Waals surface area contributed by atoms with E-state index in [1.807, 2.05) is 23.7 Å². The van der Waals surface area contributed by atoms with Gasteiger partial charge in [-0.15, -0.1) is 11.3 Å². The first kappa shape index (κ1) is 20.2. The van der Waals surface area contributed by atoms with Crippen molar-refractivity contribution in [3.63, 3.8) is 0 Å². The lowest BCUT2D eigenvalue weighted by molar-refractivity contribution is 0.122. The van der Waals surface area contributed by atoms with Crippen molar-refractivity contribution in [2.45, 2.75) is 0 Å². The van der Waals surface area contributed by atoms with Gasteiger partial charge in [0, 0.05) is 41.8 Å². The second kappa shape index (κ2) is 9.13. The Labute approximate surface area is 183 Å². The predicted molar refractivity (Wildman–Crippen MR) is 122 cm³/mol. The first-order chi connectivity index (χ1) is 14.2. The summed E-state index contributed by atoms with van der Waals surface area (Å²) in [5.74, 6) is 0. The number of ether oxygens (including phenoxy) is 1. The van der Waals surface area contributed by atoms with Crippen LogP contribution < -0.4 is 9.70 Å². The molecule has 8 heteroatoms. The molecule has 0 spiro atoms. The van der Waals surface area contributed by atoms with Gasteiger partial charge in [-0.1, -0.05) is 35.3 Å². The Morgan fingerprint density at radius 1 is 1.07 bits per heavy atom. The Hall–Kier alpha value is -2.12. The fourth-order valence-corrected chi connectivity index (χ4v) is 4.46. The van der Waals surface area contributed by atoms with Crippen LogP contribution in [0.3, 0.4) is 0 Å². The number of hydrogen-bond acceptors (Lipinski definition) is 5. The maximum absolute atomic E-state index is 6.41. The van der Waals surface area contributed by atoms with Crippen LogP contribution in [0.25, 0.3) is 11.3 Å². The molecule has 4 rings (SSSR count). The predicted octanol–water partition coefficient (Wildman–Crippen LogP) is 4.77. The van der Waals surface area contributed by atoms with Crippen LogP contribution in [0, 0.1) is 0 Å². The Balaban J connectivity index is 1.62. The molecule has 1 fully saturated rings. The molecule has 1 aliphatic heterocycles. The van der Waals surface area contributed by atoms with Crippen LogP contribution in [0.1, 0.15) is 5.56 Å². The van der Waals surface area contributed by atoms with E-state index in [0.717, 1.165) is 47.9 Å². The average molecular weight is 447 g/mol. The van der Waals surface area contributed by atoms with Crippen LogP contribution in [-0.4, -0.2) is 44.2 Å². The summed E-state index contributed by atoms with van der Waals surface area (Å²) in [6.45, 7) is 3.39. The lowest BCUT2D eigenvalue weighted by atomic mass is 10.2. The fraction of sp³-hybridized carbons (Fsp3) is 0.238. The molecule has 2 heterocycles. The monoisotopic (exact) mass is 446 g/mol. The molecule has 29 heavy (non-hydrogen) atoms. The van der Waals surface area contributed by atoms with E-state index in [2.05, 4.69) is 39.3 Å².